The lowest BCUT2D eigenvalue weighted by atomic mass is 10.2. The molecule has 29 heavy (non-hydrogen) atoms. The summed E-state index contributed by atoms with van der Waals surface area (Å²) in [5.41, 5.74) is 0. The molecule has 4 heterocycles. The number of ether oxygens (including phenoxy) is 1. The number of hydrogen-bond acceptors (Lipinski definition) is 6. The molecule has 2 fully saturated rings. The molecule has 2 aromatic heterocycles. The van der Waals surface area contributed by atoms with E-state index in [4.69, 9.17) is 9.15 Å². The molecule has 0 saturated carbocycles. The highest BCUT2D eigenvalue weighted by molar-refractivity contribution is 7.89. The zero-order valence-corrected chi connectivity index (χ0v) is 18.1. The van der Waals surface area contributed by atoms with E-state index in [1.165, 1.54) is 10.4 Å². The highest BCUT2D eigenvalue weighted by Gasteiger charge is 2.33. The van der Waals surface area contributed by atoms with Crippen LogP contribution in [-0.2, 0) is 21.3 Å². The molecule has 9 heteroatoms. The van der Waals surface area contributed by atoms with Crippen LogP contribution in [0.4, 0.5) is 0 Å². The number of sulfonamides is 1. The van der Waals surface area contributed by atoms with E-state index in [1.807, 2.05) is 17.5 Å². The third-order valence-electron chi connectivity index (χ3n) is 5.43. The molecule has 1 atom stereocenters. The average Bonchev–Trinajstić information content (AvgIpc) is 3.46. The van der Waals surface area contributed by atoms with Crippen LogP contribution in [0.2, 0.25) is 0 Å². The van der Waals surface area contributed by atoms with E-state index in [2.05, 4.69) is 0 Å². The first-order valence-corrected chi connectivity index (χ1v) is 12.3. The van der Waals surface area contributed by atoms with E-state index in [0.29, 0.717) is 32.8 Å². The SMILES string of the molecule is Cc1oc(C(=O)N(Cc2cccs2)CC2CCCO2)cc1S(=O)(=O)N1CCCC1. The number of furan rings is 1. The molecule has 0 spiro atoms. The molecule has 1 unspecified atom stereocenters. The predicted molar refractivity (Wildman–Crippen MR) is 109 cm³/mol. The van der Waals surface area contributed by atoms with Crippen molar-refractivity contribution in [3.8, 4) is 0 Å². The van der Waals surface area contributed by atoms with Crippen LogP contribution in [-0.4, -0.2) is 55.9 Å². The molecule has 7 nitrogen and oxygen atoms in total. The Morgan fingerprint density at radius 3 is 2.76 bits per heavy atom. The van der Waals surface area contributed by atoms with Crippen molar-refractivity contribution in [2.24, 2.45) is 0 Å². The Bertz CT molecular complexity index is 940. The quantitative estimate of drug-likeness (QED) is 0.663. The largest absolute Gasteiger partial charge is 0.455 e. The number of amides is 1. The van der Waals surface area contributed by atoms with Gasteiger partial charge in [-0.1, -0.05) is 6.07 Å². The van der Waals surface area contributed by atoms with Gasteiger partial charge in [-0.2, -0.15) is 4.31 Å². The fourth-order valence-corrected chi connectivity index (χ4v) is 6.29. The second-order valence-electron chi connectivity index (χ2n) is 7.54. The van der Waals surface area contributed by atoms with E-state index in [1.54, 1.807) is 23.2 Å². The summed E-state index contributed by atoms with van der Waals surface area (Å²) in [6.07, 6.45) is 3.63. The molecular weight excluding hydrogens is 412 g/mol. The smallest absolute Gasteiger partial charge is 0.290 e. The van der Waals surface area contributed by atoms with Gasteiger partial charge in [-0.05, 0) is 44.1 Å². The molecular formula is C20H26N2O5S2. The van der Waals surface area contributed by atoms with Crippen LogP contribution in [0.1, 0.15) is 46.9 Å². The first kappa shape index (κ1) is 20.6. The molecule has 0 N–H and O–H groups in total. The number of carbonyl (C=O) groups is 1. The monoisotopic (exact) mass is 438 g/mol. The van der Waals surface area contributed by atoms with Crippen LogP contribution in [0.3, 0.4) is 0 Å². The van der Waals surface area contributed by atoms with Gasteiger partial charge in [0.15, 0.2) is 5.76 Å². The zero-order chi connectivity index (χ0) is 20.4. The van der Waals surface area contributed by atoms with Gasteiger partial charge in [0, 0.05) is 37.2 Å². The molecule has 0 aromatic carbocycles. The second kappa shape index (κ2) is 8.59. The lowest BCUT2D eigenvalue weighted by Gasteiger charge is -2.24. The third kappa shape index (κ3) is 4.42. The fraction of sp³-hybridized carbons (Fsp3) is 0.550. The van der Waals surface area contributed by atoms with E-state index in [-0.39, 0.29) is 28.4 Å². The van der Waals surface area contributed by atoms with E-state index in [0.717, 1.165) is 30.6 Å². The Labute approximate surface area is 175 Å². The minimum atomic E-state index is -3.63. The van der Waals surface area contributed by atoms with Gasteiger partial charge in [0.25, 0.3) is 5.91 Å². The topological polar surface area (TPSA) is 80.1 Å². The summed E-state index contributed by atoms with van der Waals surface area (Å²) in [5.74, 6) is 0.0168. The minimum absolute atomic E-state index is 0.00257. The molecule has 0 bridgehead atoms. The number of thiophene rings is 1. The van der Waals surface area contributed by atoms with Gasteiger partial charge in [-0.15, -0.1) is 11.3 Å². The van der Waals surface area contributed by atoms with Crippen LogP contribution < -0.4 is 0 Å². The van der Waals surface area contributed by atoms with Gasteiger partial charge in [0.05, 0.1) is 12.6 Å². The van der Waals surface area contributed by atoms with Crippen molar-refractivity contribution in [2.45, 2.75) is 50.2 Å². The van der Waals surface area contributed by atoms with Crippen LogP contribution >= 0.6 is 11.3 Å². The normalized spacial score (nSPS) is 20.4. The predicted octanol–water partition coefficient (Wildman–Crippen LogP) is 3.26. The zero-order valence-electron chi connectivity index (χ0n) is 16.5. The lowest BCUT2D eigenvalue weighted by Crippen LogP contribution is -2.36. The number of hydrogen-bond donors (Lipinski definition) is 0. The van der Waals surface area contributed by atoms with Gasteiger partial charge < -0.3 is 14.1 Å². The van der Waals surface area contributed by atoms with Crippen molar-refractivity contribution in [1.82, 2.24) is 9.21 Å². The highest BCUT2D eigenvalue weighted by Crippen LogP contribution is 2.28. The summed E-state index contributed by atoms with van der Waals surface area (Å²) >= 11 is 1.58. The van der Waals surface area contributed by atoms with E-state index < -0.39 is 10.0 Å². The Balaban J connectivity index is 1.58. The summed E-state index contributed by atoms with van der Waals surface area (Å²) < 4.78 is 38.7. The van der Waals surface area contributed by atoms with E-state index >= 15 is 0 Å². The van der Waals surface area contributed by atoms with Crippen molar-refractivity contribution < 1.29 is 22.4 Å². The lowest BCUT2D eigenvalue weighted by molar-refractivity contribution is 0.0485. The Hall–Kier alpha value is -1.68. The average molecular weight is 439 g/mol. The molecule has 158 valence electrons. The molecule has 2 aromatic rings. The molecule has 0 aliphatic carbocycles. The molecule has 2 saturated heterocycles. The minimum Gasteiger partial charge on any atom is -0.455 e. The maximum Gasteiger partial charge on any atom is 0.290 e. The maximum atomic E-state index is 13.2. The van der Waals surface area contributed by atoms with Gasteiger partial charge in [-0.3, -0.25) is 4.79 Å². The van der Waals surface area contributed by atoms with Crippen molar-refractivity contribution >= 4 is 27.3 Å². The summed E-state index contributed by atoms with van der Waals surface area (Å²) in [6.45, 7) is 4.25. The van der Waals surface area contributed by atoms with Crippen LogP contribution in [0, 0.1) is 6.92 Å². The molecule has 2 aliphatic heterocycles. The first-order chi connectivity index (χ1) is 13.9. The fourth-order valence-electron chi connectivity index (χ4n) is 3.89. The number of rotatable bonds is 7. The number of carbonyl (C=O) groups excluding carboxylic acids is 1. The van der Waals surface area contributed by atoms with Gasteiger partial charge in [0.2, 0.25) is 10.0 Å². The first-order valence-electron chi connectivity index (χ1n) is 9.99. The van der Waals surface area contributed by atoms with Crippen molar-refractivity contribution in [3.05, 3.63) is 40.0 Å². The van der Waals surface area contributed by atoms with Crippen molar-refractivity contribution in [3.63, 3.8) is 0 Å². The molecule has 2 aliphatic rings. The molecule has 0 radical (unpaired) electrons. The summed E-state index contributed by atoms with van der Waals surface area (Å²) in [7, 11) is -3.63. The summed E-state index contributed by atoms with van der Waals surface area (Å²) in [4.78, 5) is 16.1. The van der Waals surface area contributed by atoms with Gasteiger partial charge >= 0.3 is 0 Å². The standard InChI is InChI=1S/C20H26N2O5S2/c1-15-19(29(24,25)22-8-2-3-9-22)12-18(27-15)20(23)21(13-16-6-4-10-26-16)14-17-7-5-11-28-17/h5,7,11-12,16H,2-4,6,8-10,13-14H2,1H3. The van der Waals surface area contributed by atoms with Gasteiger partial charge in [0.1, 0.15) is 10.7 Å². The Morgan fingerprint density at radius 2 is 2.10 bits per heavy atom. The molecule has 4 rings (SSSR count). The van der Waals surface area contributed by atoms with Gasteiger partial charge in [-0.25, -0.2) is 8.42 Å². The number of nitrogens with zero attached hydrogens (tertiary/aromatic N) is 2. The highest BCUT2D eigenvalue weighted by atomic mass is 32.2. The van der Waals surface area contributed by atoms with Crippen molar-refractivity contribution in [1.29, 1.82) is 0 Å². The van der Waals surface area contributed by atoms with Crippen molar-refractivity contribution in [2.75, 3.05) is 26.2 Å². The number of aryl methyl sites for hydroxylation is 1. The Morgan fingerprint density at radius 1 is 1.31 bits per heavy atom. The van der Waals surface area contributed by atoms with E-state index in [9.17, 15) is 13.2 Å². The molecule has 1 amide bonds. The Kier molecular flexibility index (Phi) is 6.10. The second-order valence-corrected chi connectivity index (χ2v) is 10.5. The van der Waals surface area contributed by atoms with Crippen LogP contribution in [0.25, 0.3) is 0 Å². The third-order valence-corrected chi connectivity index (χ3v) is 8.30. The maximum absolute atomic E-state index is 13.2. The summed E-state index contributed by atoms with van der Waals surface area (Å²) in [5, 5.41) is 1.97. The summed E-state index contributed by atoms with van der Waals surface area (Å²) in [6, 6.07) is 5.33. The van der Waals surface area contributed by atoms with Crippen LogP contribution in [0.5, 0.6) is 0 Å². The van der Waals surface area contributed by atoms with Crippen LogP contribution in [0.15, 0.2) is 32.9 Å².